The van der Waals surface area contributed by atoms with Gasteiger partial charge in [-0.25, -0.2) is 4.39 Å². The van der Waals surface area contributed by atoms with Crippen molar-refractivity contribution in [3.63, 3.8) is 0 Å². The predicted octanol–water partition coefficient (Wildman–Crippen LogP) is 4.09. The summed E-state index contributed by atoms with van der Waals surface area (Å²) >= 11 is 0. The molecule has 0 unspecified atom stereocenters. The van der Waals surface area contributed by atoms with Gasteiger partial charge >= 0.3 is 0 Å². The zero-order valence-corrected chi connectivity index (χ0v) is 16.8. The number of likely N-dealkylation sites (tertiary alicyclic amines) is 1. The van der Waals surface area contributed by atoms with E-state index in [4.69, 9.17) is 0 Å². The van der Waals surface area contributed by atoms with E-state index in [1.807, 2.05) is 11.8 Å². The van der Waals surface area contributed by atoms with E-state index in [9.17, 15) is 9.18 Å². The molecule has 5 heteroatoms. The molecule has 0 aliphatic carbocycles. The minimum absolute atomic E-state index is 0.0180. The van der Waals surface area contributed by atoms with Crippen molar-refractivity contribution >= 4 is 16.8 Å². The molecule has 2 heterocycles. The van der Waals surface area contributed by atoms with Crippen LogP contribution in [-0.2, 0) is 0 Å². The standard InChI is InChI=1S/C23H26FN3O/c1-14-5-7-16(8-6-14)19-12-27(13-21(19)26(3)4)23(28)22-15(2)18-11-17(24)9-10-20(18)25-22/h5-11,19,21,25H,12-13H2,1-4H3/t19-,21+/m0/s1. The van der Waals surface area contributed by atoms with E-state index in [1.165, 1.54) is 23.3 Å². The van der Waals surface area contributed by atoms with Crippen LogP contribution in [0.2, 0.25) is 0 Å². The second-order valence-corrected chi connectivity index (χ2v) is 8.07. The third-order valence-corrected chi connectivity index (χ3v) is 5.98. The Hall–Kier alpha value is -2.66. The number of carbonyl (C=O) groups is 1. The lowest BCUT2D eigenvalue weighted by molar-refractivity contribution is 0.0777. The Morgan fingerprint density at radius 2 is 1.82 bits per heavy atom. The Labute approximate surface area is 165 Å². The second-order valence-electron chi connectivity index (χ2n) is 8.07. The molecule has 1 fully saturated rings. The van der Waals surface area contributed by atoms with Crippen LogP contribution in [0, 0.1) is 19.7 Å². The monoisotopic (exact) mass is 379 g/mol. The van der Waals surface area contributed by atoms with Gasteiger partial charge in [-0.05, 0) is 57.3 Å². The van der Waals surface area contributed by atoms with Gasteiger partial charge in [-0.1, -0.05) is 29.8 Å². The highest BCUT2D eigenvalue weighted by Crippen LogP contribution is 2.32. The number of likely N-dealkylation sites (N-methyl/N-ethyl adjacent to an activating group) is 1. The van der Waals surface area contributed by atoms with Gasteiger partial charge in [0.15, 0.2) is 0 Å². The normalized spacial score (nSPS) is 19.7. The summed E-state index contributed by atoms with van der Waals surface area (Å²) in [5.74, 6) is -0.0425. The number of hydrogen-bond donors (Lipinski definition) is 1. The number of aryl methyl sites for hydroxylation is 2. The van der Waals surface area contributed by atoms with Gasteiger partial charge in [0.05, 0.1) is 0 Å². The van der Waals surface area contributed by atoms with Gasteiger partial charge in [0.1, 0.15) is 11.5 Å². The molecule has 28 heavy (non-hydrogen) atoms. The molecule has 4 nitrogen and oxygen atoms in total. The molecule has 0 radical (unpaired) electrons. The summed E-state index contributed by atoms with van der Waals surface area (Å²) in [6.07, 6.45) is 0. The van der Waals surface area contributed by atoms with Crippen LogP contribution in [0.1, 0.15) is 33.1 Å². The van der Waals surface area contributed by atoms with Crippen molar-refractivity contribution in [2.75, 3.05) is 27.2 Å². The van der Waals surface area contributed by atoms with Crippen molar-refractivity contribution in [1.29, 1.82) is 0 Å². The maximum Gasteiger partial charge on any atom is 0.270 e. The molecule has 1 amide bonds. The summed E-state index contributed by atoms with van der Waals surface area (Å²) in [7, 11) is 4.13. The zero-order chi connectivity index (χ0) is 20.0. The van der Waals surface area contributed by atoms with Gasteiger partial charge < -0.3 is 14.8 Å². The summed E-state index contributed by atoms with van der Waals surface area (Å²) in [6, 6.07) is 13.4. The highest BCUT2D eigenvalue weighted by Gasteiger charge is 2.38. The summed E-state index contributed by atoms with van der Waals surface area (Å²) in [6.45, 7) is 5.31. The Bertz CT molecular complexity index is 1020. The number of nitrogens with zero attached hydrogens (tertiary/aromatic N) is 2. The van der Waals surface area contributed by atoms with Crippen molar-refractivity contribution < 1.29 is 9.18 Å². The average molecular weight is 379 g/mol. The minimum Gasteiger partial charge on any atom is -0.350 e. The van der Waals surface area contributed by atoms with E-state index in [0.29, 0.717) is 18.8 Å². The average Bonchev–Trinajstić information content (AvgIpc) is 3.24. The van der Waals surface area contributed by atoms with E-state index >= 15 is 0 Å². The topological polar surface area (TPSA) is 39.3 Å². The number of carbonyl (C=O) groups excluding carboxylic acids is 1. The third-order valence-electron chi connectivity index (χ3n) is 5.98. The molecule has 1 aliphatic heterocycles. The van der Waals surface area contributed by atoms with E-state index in [0.717, 1.165) is 16.5 Å². The number of H-pyrrole nitrogens is 1. The second kappa shape index (κ2) is 7.06. The van der Waals surface area contributed by atoms with Crippen molar-refractivity contribution in [3.8, 4) is 0 Å². The fourth-order valence-electron chi connectivity index (χ4n) is 4.29. The van der Waals surface area contributed by atoms with E-state index in [1.54, 1.807) is 6.07 Å². The quantitative estimate of drug-likeness (QED) is 0.744. The van der Waals surface area contributed by atoms with Crippen LogP contribution in [0.25, 0.3) is 10.9 Å². The van der Waals surface area contributed by atoms with Crippen LogP contribution in [0.3, 0.4) is 0 Å². The molecular weight excluding hydrogens is 353 g/mol. The lowest BCUT2D eigenvalue weighted by atomic mass is 9.93. The number of halogens is 1. The number of hydrogen-bond acceptors (Lipinski definition) is 2. The van der Waals surface area contributed by atoms with Crippen molar-refractivity contribution in [1.82, 2.24) is 14.8 Å². The molecule has 1 N–H and O–H groups in total. The van der Waals surface area contributed by atoms with E-state index in [2.05, 4.69) is 55.2 Å². The van der Waals surface area contributed by atoms with Crippen LogP contribution in [0.5, 0.6) is 0 Å². The first-order valence-corrected chi connectivity index (χ1v) is 9.65. The first kappa shape index (κ1) is 18.7. The minimum atomic E-state index is -0.290. The lowest BCUT2D eigenvalue weighted by Crippen LogP contribution is -2.36. The van der Waals surface area contributed by atoms with Crippen LogP contribution < -0.4 is 0 Å². The number of amides is 1. The number of rotatable bonds is 3. The molecule has 4 rings (SSSR count). The molecule has 2 atom stereocenters. The summed E-state index contributed by atoms with van der Waals surface area (Å²) in [5, 5.41) is 0.766. The maximum atomic E-state index is 13.6. The van der Waals surface area contributed by atoms with Gasteiger partial charge in [0, 0.05) is 36.0 Å². The zero-order valence-electron chi connectivity index (χ0n) is 16.8. The maximum absolute atomic E-state index is 13.6. The van der Waals surface area contributed by atoms with Crippen molar-refractivity contribution in [2.45, 2.75) is 25.8 Å². The Balaban J connectivity index is 1.65. The first-order chi connectivity index (χ1) is 13.3. The van der Waals surface area contributed by atoms with Crippen LogP contribution >= 0.6 is 0 Å². The molecule has 146 valence electrons. The largest absolute Gasteiger partial charge is 0.350 e. The Morgan fingerprint density at radius 3 is 2.50 bits per heavy atom. The Morgan fingerprint density at radius 1 is 1.11 bits per heavy atom. The molecule has 1 aliphatic rings. The molecule has 0 saturated carbocycles. The van der Waals surface area contributed by atoms with E-state index < -0.39 is 0 Å². The summed E-state index contributed by atoms with van der Waals surface area (Å²) in [5.41, 5.74) is 4.65. The highest BCUT2D eigenvalue weighted by molar-refractivity contribution is 6.01. The van der Waals surface area contributed by atoms with Crippen LogP contribution in [0.15, 0.2) is 42.5 Å². The molecule has 0 bridgehead atoms. The van der Waals surface area contributed by atoms with Crippen LogP contribution in [-0.4, -0.2) is 53.9 Å². The first-order valence-electron chi connectivity index (χ1n) is 9.65. The Kier molecular flexibility index (Phi) is 4.71. The molecule has 2 aromatic carbocycles. The molecule has 1 saturated heterocycles. The number of aromatic amines is 1. The molecule has 3 aromatic rings. The highest BCUT2D eigenvalue weighted by atomic mass is 19.1. The fraction of sp³-hybridized carbons (Fsp3) is 0.348. The number of nitrogens with one attached hydrogen (secondary N) is 1. The molecule has 0 spiro atoms. The SMILES string of the molecule is Cc1ccc([C@@H]2CN(C(=O)c3[nH]c4ccc(F)cc4c3C)C[C@H]2N(C)C)cc1. The van der Waals surface area contributed by atoms with Crippen LogP contribution in [0.4, 0.5) is 4.39 Å². The number of fused-ring (bicyclic) bond motifs is 1. The van der Waals surface area contributed by atoms with Gasteiger partial charge in [-0.15, -0.1) is 0 Å². The van der Waals surface area contributed by atoms with Gasteiger partial charge in [0.25, 0.3) is 5.91 Å². The number of benzene rings is 2. The molecule has 1 aromatic heterocycles. The fourth-order valence-corrected chi connectivity index (χ4v) is 4.29. The van der Waals surface area contributed by atoms with E-state index in [-0.39, 0.29) is 23.7 Å². The summed E-state index contributed by atoms with van der Waals surface area (Å²) in [4.78, 5) is 20.6. The lowest BCUT2D eigenvalue weighted by Gasteiger charge is -2.25. The summed E-state index contributed by atoms with van der Waals surface area (Å²) < 4.78 is 13.6. The number of aromatic nitrogens is 1. The predicted molar refractivity (Wildman–Crippen MR) is 110 cm³/mol. The molecular formula is C23H26FN3O. The van der Waals surface area contributed by atoms with Crippen molar-refractivity contribution in [3.05, 3.63) is 70.7 Å². The smallest absolute Gasteiger partial charge is 0.270 e. The van der Waals surface area contributed by atoms with Crippen molar-refractivity contribution in [2.24, 2.45) is 0 Å². The van der Waals surface area contributed by atoms with Gasteiger partial charge in [-0.3, -0.25) is 4.79 Å². The third kappa shape index (κ3) is 3.20. The van der Waals surface area contributed by atoms with Gasteiger partial charge in [0.2, 0.25) is 0 Å². The van der Waals surface area contributed by atoms with Gasteiger partial charge in [-0.2, -0.15) is 0 Å².